The molecule has 2 aromatic carbocycles. The van der Waals surface area contributed by atoms with Crippen molar-refractivity contribution in [3.05, 3.63) is 65.7 Å². The first-order chi connectivity index (χ1) is 11.6. The highest BCUT2D eigenvalue weighted by Crippen LogP contribution is 2.26. The number of likely N-dealkylation sites (tertiary alicyclic amines) is 1. The molecule has 24 heavy (non-hydrogen) atoms. The molecule has 1 unspecified atom stereocenters. The first-order valence-electron chi connectivity index (χ1n) is 8.15. The molecular weight excluding hydrogens is 302 g/mol. The van der Waals surface area contributed by atoms with Crippen molar-refractivity contribution in [3.63, 3.8) is 0 Å². The number of rotatable bonds is 5. The van der Waals surface area contributed by atoms with Crippen LogP contribution in [0.25, 0.3) is 0 Å². The van der Waals surface area contributed by atoms with Gasteiger partial charge < -0.3 is 11.1 Å². The number of nitrogens with two attached hydrogens (primary N) is 1. The molecule has 1 aliphatic rings. The second kappa shape index (κ2) is 7.27. The molecule has 0 spiro atoms. The quantitative estimate of drug-likeness (QED) is 0.888. The van der Waals surface area contributed by atoms with Gasteiger partial charge in [0.25, 0.3) is 0 Å². The number of benzene rings is 2. The maximum Gasteiger partial charge on any atom is 0.248 e. The zero-order valence-corrected chi connectivity index (χ0v) is 13.4. The van der Waals surface area contributed by atoms with E-state index in [9.17, 15) is 9.59 Å². The molecule has 2 aromatic rings. The van der Waals surface area contributed by atoms with E-state index < -0.39 is 5.91 Å². The summed E-state index contributed by atoms with van der Waals surface area (Å²) in [7, 11) is 0. The van der Waals surface area contributed by atoms with E-state index in [0.717, 1.165) is 31.5 Å². The summed E-state index contributed by atoms with van der Waals surface area (Å²) in [6.07, 6.45) is 2.23. The molecular formula is C19H21N3O2. The lowest BCUT2D eigenvalue weighted by atomic mass is 10.0. The van der Waals surface area contributed by atoms with Crippen molar-refractivity contribution in [1.82, 2.24) is 4.90 Å². The molecule has 1 saturated heterocycles. The smallest absolute Gasteiger partial charge is 0.248 e. The first kappa shape index (κ1) is 16.2. The molecule has 0 aromatic heterocycles. The van der Waals surface area contributed by atoms with Gasteiger partial charge in [0.2, 0.25) is 11.8 Å². The second-order valence-electron chi connectivity index (χ2n) is 5.99. The van der Waals surface area contributed by atoms with Gasteiger partial charge in [-0.1, -0.05) is 30.3 Å². The third-order valence-corrected chi connectivity index (χ3v) is 4.31. The Balaban J connectivity index is 1.79. The molecule has 0 aliphatic carbocycles. The number of amides is 2. The van der Waals surface area contributed by atoms with Gasteiger partial charge in [-0.15, -0.1) is 0 Å². The Labute approximate surface area is 141 Å². The summed E-state index contributed by atoms with van der Waals surface area (Å²) in [4.78, 5) is 26.2. The molecule has 1 heterocycles. The molecule has 5 nitrogen and oxygen atoms in total. The standard InChI is InChI=1S/C19H21N3O2/c20-18(23)15-8-10-16(11-9-15)21-19(24)17(22-12-4-5-13-22)14-6-2-1-3-7-14/h1-3,6-11,17H,4-5,12-13H2,(H2,20,23)(H,21,24). The lowest BCUT2D eigenvalue weighted by molar-refractivity contribution is -0.121. The maximum atomic E-state index is 12.9. The summed E-state index contributed by atoms with van der Waals surface area (Å²) in [5.41, 5.74) is 7.31. The summed E-state index contributed by atoms with van der Waals surface area (Å²) in [6.45, 7) is 1.85. The Morgan fingerprint density at radius 3 is 2.17 bits per heavy atom. The largest absolute Gasteiger partial charge is 0.366 e. The van der Waals surface area contributed by atoms with Crippen molar-refractivity contribution >= 4 is 17.5 Å². The van der Waals surface area contributed by atoms with Crippen LogP contribution in [-0.2, 0) is 4.79 Å². The number of nitrogens with one attached hydrogen (secondary N) is 1. The molecule has 0 radical (unpaired) electrons. The number of primary amides is 1. The zero-order valence-electron chi connectivity index (χ0n) is 13.4. The second-order valence-corrected chi connectivity index (χ2v) is 5.99. The van der Waals surface area contributed by atoms with Crippen LogP contribution in [0.15, 0.2) is 54.6 Å². The lowest BCUT2D eigenvalue weighted by Crippen LogP contribution is -2.35. The Kier molecular flexibility index (Phi) is 4.91. The van der Waals surface area contributed by atoms with Crippen molar-refractivity contribution in [2.75, 3.05) is 18.4 Å². The minimum atomic E-state index is -0.480. The van der Waals surface area contributed by atoms with Crippen LogP contribution >= 0.6 is 0 Å². The summed E-state index contributed by atoms with van der Waals surface area (Å²) >= 11 is 0. The first-order valence-corrected chi connectivity index (χ1v) is 8.15. The van der Waals surface area contributed by atoms with E-state index in [4.69, 9.17) is 5.73 Å². The van der Waals surface area contributed by atoms with Crippen molar-refractivity contribution in [2.45, 2.75) is 18.9 Å². The fourth-order valence-electron chi connectivity index (χ4n) is 3.09. The molecule has 3 N–H and O–H groups in total. The van der Waals surface area contributed by atoms with Gasteiger partial charge in [-0.05, 0) is 55.8 Å². The molecule has 1 atom stereocenters. The minimum Gasteiger partial charge on any atom is -0.366 e. The topological polar surface area (TPSA) is 75.4 Å². The Morgan fingerprint density at radius 1 is 0.958 bits per heavy atom. The van der Waals surface area contributed by atoms with Crippen LogP contribution in [0.2, 0.25) is 0 Å². The van der Waals surface area contributed by atoms with Gasteiger partial charge in [0.1, 0.15) is 6.04 Å². The number of hydrogen-bond donors (Lipinski definition) is 2. The fraction of sp³-hybridized carbons (Fsp3) is 0.263. The number of nitrogens with zero attached hydrogens (tertiary/aromatic N) is 1. The molecule has 2 amide bonds. The van der Waals surface area contributed by atoms with Crippen molar-refractivity contribution in [2.24, 2.45) is 5.73 Å². The molecule has 3 rings (SSSR count). The Hall–Kier alpha value is -2.66. The molecule has 124 valence electrons. The van der Waals surface area contributed by atoms with Gasteiger partial charge in [0.15, 0.2) is 0 Å². The van der Waals surface area contributed by atoms with Gasteiger partial charge >= 0.3 is 0 Å². The SMILES string of the molecule is NC(=O)c1ccc(NC(=O)C(c2ccccc2)N2CCCC2)cc1. The molecule has 1 fully saturated rings. The van der Waals surface area contributed by atoms with Crippen molar-refractivity contribution in [3.8, 4) is 0 Å². The van der Waals surface area contributed by atoms with Crippen LogP contribution in [0.4, 0.5) is 5.69 Å². The number of hydrogen-bond acceptors (Lipinski definition) is 3. The predicted molar refractivity (Wildman–Crippen MR) is 93.6 cm³/mol. The molecule has 0 saturated carbocycles. The van der Waals surface area contributed by atoms with Gasteiger partial charge in [0.05, 0.1) is 0 Å². The minimum absolute atomic E-state index is 0.0603. The van der Waals surface area contributed by atoms with Crippen LogP contribution in [0, 0.1) is 0 Å². The molecule has 1 aliphatic heterocycles. The van der Waals surface area contributed by atoms with Crippen LogP contribution in [0.1, 0.15) is 34.8 Å². The van der Waals surface area contributed by atoms with E-state index in [2.05, 4.69) is 10.2 Å². The molecule has 0 bridgehead atoms. The van der Waals surface area contributed by atoms with E-state index in [-0.39, 0.29) is 11.9 Å². The average Bonchev–Trinajstić information content (AvgIpc) is 3.10. The van der Waals surface area contributed by atoms with Crippen LogP contribution < -0.4 is 11.1 Å². The zero-order chi connectivity index (χ0) is 16.9. The summed E-state index contributed by atoms with van der Waals surface area (Å²) in [5.74, 6) is -0.540. The van der Waals surface area contributed by atoms with E-state index >= 15 is 0 Å². The van der Waals surface area contributed by atoms with Crippen LogP contribution in [0.3, 0.4) is 0 Å². The van der Waals surface area contributed by atoms with Crippen LogP contribution in [0.5, 0.6) is 0 Å². The Morgan fingerprint density at radius 2 is 1.58 bits per heavy atom. The fourth-order valence-corrected chi connectivity index (χ4v) is 3.09. The van der Waals surface area contributed by atoms with E-state index in [1.54, 1.807) is 24.3 Å². The molecule has 5 heteroatoms. The normalized spacial score (nSPS) is 15.8. The van der Waals surface area contributed by atoms with E-state index in [1.807, 2.05) is 30.3 Å². The lowest BCUT2D eigenvalue weighted by Gasteiger charge is -2.27. The summed E-state index contributed by atoms with van der Waals surface area (Å²) in [6, 6.07) is 16.2. The Bertz CT molecular complexity index is 707. The van der Waals surface area contributed by atoms with Gasteiger partial charge in [0, 0.05) is 11.3 Å². The number of carbonyl (C=O) groups is 2. The number of anilines is 1. The van der Waals surface area contributed by atoms with Crippen LogP contribution in [-0.4, -0.2) is 29.8 Å². The highest BCUT2D eigenvalue weighted by molar-refractivity contribution is 5.97. The predicted octanol–water partition coefficient (Wildman–Crippen LogP) is 2.56. The monoisotopic (exact) mass is 323 g/mol. The maximum absolute atomic E-state index is 12.9. The third-order valence-electron chi connectivity index (χ3n) is 4.31. The summed E-state index contributed by atoms with van der Waals surface area (Å²) < 4.78 is 0. The van der Waals surface area contributed by atoms with Gasteiger partial charge in [-0.3, -0.25) is 14.5 Å². The van der Waals surface area contributed by atoms with Gasteiger partial charge in [-0.25, -0.2) is 0 Å². The highest BCUT2D eigenvalue weighted by atomic mass is 16.2. The van der Waals surface area contributed by atoms with Crippen molar-refractivity contribution in [1.29, 1.82) is 0 Å². The van der Waals surface area contributed by atoms with Gasteiger partial charge in [-0.2, -0.15) is 0 Å². The number of carbonyl (C=O) groups excluding carboxylic acids is 2. The summed E-state index contributed by atoms with van der Waals surface area (Å²) in [5, 5.41) is 2.95. The highest BCUT2D eigenvalue weighted by Gasteiger charge is 2.29. The van der Waals surface area contributed by atoms with E-state index in [1.165, 1.54) is 0 Å². The third kappa shape index (κ3) is 3.63. The average molecular weight is 323 g/mol. The van der Waals surface area contributed by atoms with Crippen molar-refractivity contribution < 1.29 is 9.59 Å². The van der Waals surface area contributed by atoms with E-state index in [0.29, 0.717) is 11.3 Å².